The van der Waals surface area contributed by atoms with E-state index in [0.29, 0.717) is 28.5 Å². The first kappa shape index (κ1) is 13.9. The first-order valence-electron chi connectivity index (χ1n) is 6.41. The number of fused-ring (bicyclic) bond motifs is 1. The van der Waals surface area contributed by atoms with Crippen molar-refractivity contribution in [1.82, 2.24) is 9.38 Å². The molecule has 0 amide bonds. The molecule has 0 fully saturated rings. The summed E-state index contributed by atoms with van der Waals surface area (Å²) in [5, 5.41) is 0.341. The highest BCUT2D eigenvalue weighted by Crippen LogP contribution is 2.24. The number of pyridine rings is 1. The zero-order valence-electron chi connectivity index (χ0n) is 11.1. The van der Waals surface area contributed by atoms with E-state index in [4.69, 9.17) is 22.1 Å². The second-order valence-corrected chi connectivity index (χ2v) is 4.92. The van der Waals surface area contributed by atoms with Crippen LogP contribution in [0.25, 0.3) is 5.65 Å². The van der Waals surface area contributed by atoms with Crippen LogP contribution in [-0.2, 0) is 13.2 Å². The molecule has 0 radical (unpaired) electrons. The first-order valence-corrected chi connectivity index (χ1v) is 6.79. The van der Waals surface area contributed by atoms with Crippen LogP contribution >= 0.6 is 11.6 Å². The first-order chi connectivity index (χ1) is 10.2. The zero-order chi connectivity index (χ0) is 14.8. The van der Waals surface area contributed by atoms with E-state index in [9.17, 15) is 4.39 Å². The van der Waals surface area contributed by atoms with Crippen molar-refractivity contribution in [3.8, 4) is 5.75 Å². The molecule has 2 N–H and O–H groups in total. The van der Waals surface area contributed by atoms with E-state index in [-0.39, 0.29) is 12.4 Å². The highest BCUT2D eigenvalue weighted by Gasteiger charge is 2.11. The van der Waals surface area contributed by atoms with Crippen molar-refractivity contribution in [1.29, 1.82) is 0 Å². The minimum Gasteiger partial charge on any atom is -0.485 e. The van der Waals surface area contributed by atoms with Crippen LogP contribution in [0.1, 0.15) is 11.3 Å². The Bertz CT molecular complexity index is 767. The van der Waals surface area contributed by atoms with Crippen molar-refractivity contribution in [2.45, 2.75) is 13.2 Å². The number of rotatable bonds is 4. The molecule has 0 aliphatic rings. The molecule has 0 unspecified atom stereocenters. The van der Waals surface area contributed by atoms with Crippen molar-refractivity contribution in [2.24, 2.45) is 5.73 Å². The van der Waals surface area contributed by atoms with E-state index in [1.807, 2.05) is 16.7 Å². The minimum absolute atomic E-state index is 0.0377. The molecule has 0 aliphatic heterocycles. The molecule has 4 nitrogen and oxygen atoms in total. The Morgan fingerprint density at radius 1 is 1.29 bits per heavy atom. The molecular weight excluding hydrogens is 293 g/mol. The van der Waals surface area contributed by atoms with E-state index in [1.165, 1.54) is 6.07 Å². The number of ether oxygens (including phenoxy) is 1. The Balaban J connectivity index is 1.91. The summed E-state index contributed by atoms with van der Waals surface area (Å²) in [5.74, 6) is 0.164. The molecule has 0 atom stereocenters. The van der Waals surface area contributed by atoms with Crippen molar-refractivity contribution in [2.75, 3.05) is 0 Å². The fourth-order valence-corrected chi connectivity index (χ4v) is 2.34. The van der Waals surface area contributed by atoms with Gasteiger partial charge in [-0.3, -0.25) is 4.40 Å². The molecule has 108 valence electrons. The Labute approximate surface area is 125 Å². The molecule has 2 aromatic heterocycles. The standard InChI is InChI=1S/C15H13ClFN3O/c16-12-3-1-4-13(17)11(12)9-21-14-5-2-6-20-10(7-18)8-19-15(14)20/h1-6,8H,7,9,18H2. The van der Waals surface area contributed by atoms with Crippen molar-refractivity contribution in [3.05, 3.63) is 64.8 Å². The van der Waals surface area contributed by atoms with Crippen molar-refractivity contribution < 1.29 is 9.13 Å². The maximum Gasteiger partial charge on any atom is 0.179 e. The number of hydrogen-bond donors (Lipinski definition) is 1. The SMILES string of the molecule is NCc1cnc2c(OCc3c(F)cccc3Cl)cccn12. The number of nitrogens with two attached hydrogens (primary N) is 1. The number of aromatic nitrogens is 2. The quantitative estimate of drug-likeness (QED) is 0.805. The van der Waals surface area contributed by atoms with Crippen molar-refractivity contribution >= 4 is 17.2 Å². The maximum absolute atomic E-state index is 13.7. The van der Waals surface area contributed by atoms with Crippen LogP contribution in [0.2, 0.25) is 5.02 Å². The maximum atomic E-state index is 13.7. The lowest BCUT2D eigenvalue weighted by Gasteiger charge is -2.10. The van der Waals surface area contributed by atoms with Crippen LogP contribution in [0.3, 0.4) is 0 Å². The third-order valence-electron chi connectivity index (χ3n) is 3.22. The van der Waals surface area contributed by atoms with Crippen LogP contribution in [-0.4, -0.2) is 9.38 Å². The monoisotopic (exact) mass is 305 g/mol. The smallest absolute Gasteiger partial charge is 0.179 e. The van der Waals surface area contributed by atoms with Crippen LogP contribution in [0.5, 0.6) is 5.75 Å². The topological polar surface area (TPSA) is 52.5 Å². The summed E-state index contributed by atoms with van der Waals surface area (Å²) in [6.45, 7) is 0.416. The van der Waals surface area contributed by atoms with E-state index in [1.54, 1.807) is 24.4 Å². The fourth-order valence-electron chi connectivity index (χ4n) is 2.12. The summed E-state index contributed by atoms with van der Waals surface area (Å²) in [6.07, 6.45) is 3.55. The van der Waals surface area contributed by atoms with Gasteiger partial charge in [-0.2, -0.15) is 0 Å². The van der Waals surface area contributed by atoms with Gasteiger partial charge in [-0.1, -0.05) is 17.7 Å². The number of nitrogens with zero attached hydrogens (tertiary/aromatic N) is 2. The number of halogens is 2. The van der Waals surface area contributed by atoms with E-state index >= 15 is 0 Å². The third-order valence-corrected chi connectivity index (χ3v) is 3.57. The molecule has 3 rings (SSSR count). The molecule has 1 aromatic carbocycles. The highest BCUT2D eigenvalue weighted by atomic mass is 35.5. The van der Waals surface area contributed by atoms with Crippen LogP contribution in [0.15, 0.2) is 42.7 Å². The largest absolute Gasteiger partial charge is 0.485 e. The molecule has 0 spiro atoms. The van der Waals surface area contributed by atoms with E-state index in [2.05, 4.69) is 4.98 Å². The van der Waals surface area contributed by atoms with Gasteiger partial charge in [-0.25, -0.2) is 9.37 Å². The van der Waals surface area contributed by atoms with Gasteiger partial charge in [0, 0.05) is 18.3 Å². The minimum atomic E-state index is -0.388. The van der Waals surface area contributed by atoms with E-state index in [0.717, 1.165) is 5.69 Å². The van der Waals surface area contributed by atoms with Crippen molar-refractivity contribution in [3.63, 3.8) is 0 Å². The molecule has 21 heavy (non-hydrogen) atoms. The Morgan fingerprint density at radius 3 is 2.90 bits per heavy atom. The van der Waals surface area contributed by atoms with Gasteiger partial charge in [0.1, 0.15) is 12.4 Å². The normalized spacial score (nSPS) is 11.0. The lowest BCUT2D eigenvalue weighted by molar-refractivity contribution is 0.302. The predicted octanol–water partition coefficient (Wildman–Crippen LogP) is 3.16. The van der Waals surface area contributed by atoms with Gasteiger partial charge >= 0.3 is 0 Å². The highest BCUT2D eigenvalue weighted by molar-refractivity contribution is 6.31. The van der Waals surface area contributed by atoms with Crippen LogP contribution in [0, 0.1) is 5.82 Å². The molecule has 2 heterocycles. The summed E-state index contributed by atoms with van der Waals surface area (Å²) in [7, 11) is 0. The summed E-state index contributed by atoms with van der Waals surface area (Å²) >= 11 is 5.98. The third kappa shape index (κ3) is 2.57. The van der Waals surface area contributed by atoms with Gasteiger partial charge in [0.2, 0.25) is 0 Å². The average molecular weight is 306 g/mol. The van der Waals surface area contributed by atoms with Crippen LogP contribution < -0.4 is 10.5 Å². The molecule has 0 saturated heterocycles. The summed E-state index contributed by atoms with van der Waals surface area (Å²) in [6, 6.07) is 8.15. The molecule has 0 saturated carbocycles. The Kier molecular flexibility index (Phi) is 3.77. The lowest BCUT2D eigenvalue weighted by Crippen LogP contribution is -2.03. The van der Waals surface area contributed by atoms with Gasteiger partial charge in [-0.05, 0) is 24.3 Å². The van der Waals surface area contributed by atoms with Gasteiger partial charge in [0.15, 0.2) is 11.4 Å². The van der Waals surface area contributed by atoms with Gasteiger partial charge in [-0.15, -0.1) is 0 Å². The average Bonchev–Trinajstić information content (AvgIpc) is 2.90. The number of imidazole rings is 1. The lowest BCUT2D eigenvalue weighted by atomic mass is 10.2. The second-order valence-electron chi connectivity index (χ2n) is 4.51. The second kappa shape index (κ2) is 5.71. The summed E-state index contributed by atoms with van der Waals surface area (Å²) < 4.78 is 21.2. The fraction of sp³-hybridized carbons (Fsp3) is 0.133. The molecule has 0 bridgehead atoms. The van der Waals surface area contributed by atoms with Gasteiger partial charge in [0.05, 0.1) is 16.9 Å². The Hall–Kier alpha value is -2.11. The predicted molar refractivity (Wildman–Crippen MR) is 78.8 cm³/mol. The summed E-state index contributed by atoms with van der Waals surface area (Å²) in [5.41, 5.74) is 7.49. The number of hydrogen-bond acceptors (Lipinski definition) is 3. The molecule has 6 heteroatoms. The summed E-state index contributed by atoms with van der Waals surface area (Å²) in [4.78, 5) is 4.28. The van der Waals surface area contributed by atoms with Gasteiger partial charge in [0.25, 0.3) is 0 Å². The van der Waals surface area contributed by atoms with Crippen LogP contribution in [0.4, 0.5) is 4.39 Å². The number of benzene rings is 1. The van der Waals surface area contributed by atoms with Gasteiger partial charge < -0.3 is 10.5 Å². The van der Waals surface area contributed by atoms with E-state index < -0.39 is 0 Å². The molecule has 0 aliphatic carbocycles. The molecular formula is C15H13ClFN3O. The Morgan fingerprint density at radius 2 is 2.14 bits per heavy atom. The molecule has 3 aromatic rings. The zero-order valence-corrected chi connectivity index (χ0v) is 11.8.